The third kappa shape index (κ3) is 6.21. The van der Waals surface area contributed by atoms with Crippen molar-refractivity contribution in [3.05, 3.63) is 83.2 Å². The number of carbonyl (C=O) groups excluding carboxylic acids is 3. The summed E-state index contributed by atoms with van der Waals surface area (Å²) < 4.78 is 8.49. The summed E-state index contributed by atoms with van der Waals surface area (Å²) in [7, 11) is 8.06. The van der Waals surface area contributed by atoms with Crippen LogP contribution < -0.4 is 20.1 Å². The van der Waals surface area contributed by atoms with E-state index in [0.29, 0.717) is 43.6 Å². The molecule has 7 nitrogen and oxygen atoms in total. The van der Waals surface area contributed by atoms with E-state index >= 15 is 0 Å². The van der Waals surface area contributed by atoms with Crippen LogP contribution in [0.15, 0.2) is 76.7 Å². The molecule has 0 radical (unpaired) electrons. The van der Waals surface area contributed by atoms with Gasteiger partial charge in [0.05, 0.1) is 11.5 Å². The van der Waals surface area contributed by atoms with Crippen LogP contribution >= 0.6 is 0 Å². The topological polar surface area (TPSA) is 82.6 Å². The molecule has 6 rings (SSSR count). The maximum Gasteiger partial charge on any atom is 0.220 e. The number of hydrogen-bond acceptors (Lipinski definition) is 5. The van der Waals surface area contributed by atoms with Gasteiger partial charge >= 0.3 is 0 Å². The van der Waals surface area contributed by atoms with Crippen LogP contribution in [0.2, 0.25) is 0 Å². The molecule has 1 heterocycles. The van der Waals surface area contributed by atoms with Crippen molar-refractivity contribution in [2.75, 3.05) is 39.6 Å². The molecule has 45 heavy (non-hydrogen) atoms. The highest BCUT2D eigenvalue weighted by molar-refractivity contribution is 6.03. The fourth-order valence-electron chi connectivity index (χ4n) is 6.65. The highest BCUT2D eigenvalue weighted by Crippen LogP contribution is 2.55. The number of hydrogen-bond donors (Lipinski definition) is 1. The van der Waals surface area contributed by atoms with Gasteiger partial charge in [0.25, 0.3) is 0 Å². The molecule has 0 bridgehead atoms. The Morgan fingerprint density at radius 1 is 0.978 bits per heavy atom. The highest BCUT2D eigenvalue weighted by atomic mass is 16.3. The summed E-state index contributed by atoms with van der Waals surface area (Å²) in [5, 5.41) is 5.02. The summed E-state index contributed by atoms with van der Waals surface area (Å²) in [5.74, 6) is 1.23. The number of allylic oxidation sites excluding steroid dienone is 2. The SMILES string of the molecule is CN(C)c1ccc2c(-c3ccc(C(=O)CCCNC(=O)CCCC4=CC45CCCC5=O)cc3)c3ccc(=[N+](C)C)cc-3oc2c1. The lowest BCUT2D eigenvalue weighted by molar-refractivity contribution is -0.121. The van der Waals surface area contributed by atoms with Gasteiger partial charge < -0.3 is 14.6 Å². The quantitative estimate of drug-likeness (QED) is 0.0722. The Labute approximate surface area is 264 Å². The number of nitrogens with one attached hydrogen (secondary N) is 1. The molecule has 7 heteroatoms. The van der Waals surface area contributed by atoms with E-state index in [9.17, 15) is 14.4 Å². The van der Waals surface area contributed by atoms with E-state index in [1.807, 2.05) is 52.5 Å². The molecule has 1 aliphatic heterocycles. The van der Waals surface area contributed by atoms with E-state index in [1.54, 1.807) is 0 Å². The number of nitrogens with zero attached hydrogens (tertiary/aromatic N) is 2. The molecule has 1 N–H and O–H groups in total. The first-order chi connectivity index (χ1) is 21.7. The lowest BCUT2D eigenvalue weighted by Gasteiger charge is -2.18. The maximum atomic E-state index is 13.0. The highest BCUT2D eigenvalue weighted by Gasteiger charge is 2.51. The lowest BCUT2D eigenvalue weighted by Crippen LogP contribution is -2.24. The predicted octanol–water partition coefficient (Wildman–Crippen LogP) is 6.23. The molecule has 1 amide bonds. The number of fused-ring (bicyclic) bond motifs is 2. The Kier molecular flexibility index (Phi) is 8.45. The molecule has 1 fully saturated rings. The number of benzene rings is 3. The van der Waals surface area contributed by atoms with Crippen molar-refractivity contribution in [1.29, 1.82) is 0 Å². The normalized spacial score (nSPS) is 17.2. The number of ketones is 2. The fourth-order valence-corrected chi connectivity index (χ4v) is 6.65. The van der Waals surface area contributed by atoms with Crippen molar-refractivity contribution in [3.8, 4) is 22.5 Å². The average Bonchev–Trinajstić information content (AvgIpc) is 3.62. The molecule has 1 atom stereocenters. The van der Waals surface area contributed by atoms with Crippen molar-refractivity contribution < 1.29 is 18.8 Å². The molecule has 4 aliphatic rings. The third-order valence-electron chi connectivity index (χ3n) is 9.35. The molecule has 232 valence electrons. The van der Waals surface area contributed by atoms with Gasteiger partial charge in [0, 0.05) is 79.8 Å². The Morgan fingerprint density at radius 2 is 1.78 bits per heavy atom. The summed E-state index contributed by atoms with van der Waals surface area (Å²) in [4.78, 5) is 39.4. The molecule has 0 saturated heterocycles. The zero-order chi connectivity index (χ0) is 31.7. The maximum absolute atomic E-state index is 13.0. The first-order valence-corrected chi connectivity index (χ1v) is 16.0. The standard InChI is InChI=1S/C38H41N3O4/c1-40(2)28-16-18-30-33(22-28)45-34-23-29(41(3)4)17-19-31(34)37(30)26-14-12-25(13-15-26)32(42)9-7-21-39-36(44)11-5-8-27-24-38(27)20-6-10-35(38)43/h12-19,22-24H,5-11,20-21H2,1-4H3/p+1. The van der Waals surface area contributed by atoms with E-state index in [-0.39, 0.29) is 17.1 Å². The van der Waals surface area contributed by atoms with Crippen molar-refractivity contribution in [3.63, 3.8) is 0 Å². The minimum absolute atomic E-state index is 0.00399. The number of rotatable bonds is 11. The van der Waals surface area contributed by atoms with Crippen molar-refractivity contribution >= 4 is 34.1 Å². The van der Waals surface area contributed by atoms with Gasteiger partial charge in [0.15, 0.2) is 5.78 Å². The van der Waals surface area contributed by atoms with Gasteiger partial charge in [0.1, 0.15) is 31.2 Å². The molecule has 1 saturated carbocycles. The van der Waals surface area contributed by atoms with Gasteiger partial charge in [-0.1, -0.05) is 35.9 Å². The minimum atomic E-state index is -0.223. The Balaban J connectivity index is 1.08. The Morgan fingerprint density at radius 3 is 2.49 bits per heavy atom. The number of amides is 1. The van der Waals surface area contributed by atoms with E-state index in [4.69, 9.17) is 4.42 Å². The van der Waals surface area contributed by atoms with Crippen LogP contribution in [0.5, 0.6) is 0 Å². The molecule has 2 aromatic rings. The molecule has 2 aromatic carbocycles. The number of Topliss-reactive ketones (excluding diaryl/α,β-unsaturated/α-hetero) is 2. The van der Waals surface area contributed by atoms with Gasteiger partial charge in [-0.2, -0.15) is 0 Å². The number of carbonyl (C=O) groups is 3. The summed E-state index contributed by atoms with van der Waals surface area (Å²) in [6.07, 6.45) is 7.72. The smallest absolute Gasteiger partial charge is 0.220 e. The van der Waals surface area contributed by atoms with Crippen LogP contribution in [-0.2, 0) is 9.59 Å². The van der Waals surface area contributed by atoms with Crippen LogP contribution in [0.4, 0.5) is 5.69 Å². The largest absolute Gasteiger partial charge is 0.456 e. The molecule has 1 unspecified atom stereocenters. The molecule has 3 aliphatic carbocycles. The number of anilines is 1. The minimum Gasteiger partial charge on any atom is -0.456 e. The second kappa shape index (κ2) is 12.5. The van der Waals surface area contributed by atoms with Gasteiger partial charge in [-0.3, -0.25) is 14.4 Å². The van der Waals surface area contributed by atoms with E-state index in [0.717, 1.165) is 70.1 Å². The van der Waals surface area contributed by atoms with Gasteiger partial charge in [-0.05, 0) is 55.9 Å². The second-order valence-electron chi connectivity index (χ2n) is 12.9. The van der Waals surface area contributed by atoms with Gasteiger partial charge in [-0.25, -0.2) is 4.58 Å². The monoisotopic (exact) mass is 604 g/mol. The van der Waals surface area contributed by atoms with Crippen LogP contribution in [-0.4, -0.2) is 52.2 Å². The molecule has 0 aromatic heterocycles. The lowest BCUT2D eigenvalue weighted by atomic mass is 9.92. The van der Waals surface area contributed by atoms with Crippen LogP contribution in [0, 0.1) is 5.41 Å². The summed E-state index contributed by atoms with van der Waals surface area (Å²) in [6, 6.07) is 20.4. The molecular weight excluding hydrogens is 562 g/mol. The summed E-state index contributed by atoms with van der Waals surface area (Å²) in [6.45, 7) is 0.475. The van der Waals surface area contributed by atoms with Crippen LogP contribution in [0.3, 0.4) is 0 Å². The first-order valence-electron chi connectivity index (χ1n) is 16.0. The molecular formula is C38H42N3O4+. The van der Waals surface area contributed by atoms with E-state index in [2.05, 4.69) is 57.3 Å². The zero-order valence-corrected chi connectivity index (χ0v) is 26.7. The third-order valence-corrected chi connectivity index (χ3v) is 9.35. The Hall–Kier alpha value is -4.52. The average molecular weight is 605 g/mol. The summed E-state index contributed by atoms with van der Waals surface area (Å²) >= 11 is 0. The van der Waals surface area contributed by atoms with E-state index < -0.39 is 0 Å². The van der Waals surface area contributed by atoms with Gasteiger partial charge in [0.2, 0.25) is 11.3 Å². The van der Waals surface area contributed by atoms with Crippen molar-refractivity contribution in [2.45, 2.75) is 51.4 Å². The Bertz CT molecular complexity index is 1860. The second-order valence-corrected chi connectivity index (χ2v) is 12.9. The fraction of sp³-hybridized carbons (Fsp3) is 0.368. The zero-order valence-electron chi connectivity index (χ0n) is 26.7. The van der Waals surface area contributed by atoms with E-state index in [1.165, 1.54) is 5.57 Å². The van der Waals surface area contributed by atoms with Crippen molar-refractivity contribution in [1.82, 2.24) is 9.89 Å². The van der Waals surface area contributed by atoms with Crippen LogP contribution in [0.25, 0.3) is 33.4 Å². The first kappa shape index (κ1) is 30.5. The molecule has 1 spiro atoms. The van der Waals surface area contributed by atoms with Crippen LogP contribution in [0.1, 0.15) is 61.7 Å². The predicted molar refractivity (Wildman–Crippen MR) is 180 cm³/mol. The van der Waals surface area contributed by atoms with Crippen molar-refractivity contribution in [2.24, 2.45) is 5.41 Å². The summed E-state index contributed by atoms with van der Waals surface area (Å²) in [5.41, 5.74) is 6.65. The van der Waals surface area contributed by atoms with Gasteiger partial charge in [-0.15, -0.1) is 0 Å².